The number of nitrogens with zero attached hydrogens (tertiary/aromatic N) is 1. The lowest BCUT2D eigenvalue weighted by molar-refractivity contribution is -0.161. The molecule has 0 aliphatic carbocycles. The zero-order valence-electron chi connectivity index (χ0n) is 12.4. The Labute approximate surface area is 110 Å². The van der Waals surface area contributed by atoms with Crippen molar-refractivity contribution >= 4 is 11.8 Å². The summed E-state index contributed by atoms with van der Waals surface area (Å²) in [6.45, 7) is 11.8. The molecule has 1 aliphatic heterocycles. The van der Waals surface area contributed by atoms with Gasteiger partial charge in [0.15, 0.2) is 0 Å². The molecular weight excluding hydrogens is 228 g/mol. The summed E-state index contributed by atoms with van der Waals surface area (Å²) < 4.78 is 0. The molecule has 104 valence electrons. The Morgan fingerprint density at radius 2 is 1.83 bits per heavy atom. The summed E-state index contributed by atoms with van der Waals surface area (Å²) in [6, 6.07) is -0.291. The highest BCUT2D eigenvalue weighted by Gasteiger charge is 2.50. The van der Waals surface area contributed by atoms with Gasteiger partial charge in [-0.05, 0) is 32.6 Å². The summed E-state index contributed by atoms with van der Waals surface area (Å²) >= 11 is 0. The maximum atomic E-state index is 12.6. The first kappa shape index (κ1) is 15.0. The second kappa shape index (κ2) is 5.29. The Hall–Kier alpha value is -1.06. The molecule has 0 aromatic carbocycles. The van der Waals surface area contributed by atoms with E-state index in [4.69, 9.17) is 0 Å². The molecule has 4 nitrogen and oxygen atoms in total. The number of amides is 2. The zero-order valence-corrected chi connectivity index (χ0v) is 12.4. The third-order valence-electron chi connectivity index (χ3n) is 4.20. The largest absolute Gasteiger partial charge is 0.342 e. The minimum absolute atomic E-state index is 0.0244. The lowest BCUT2D eigenvalue weighted by Gasteiger charge is -2.49. The number of rotatable bonds is 4. The highest BCUT2D eigenvalue weighted by atomic mass is 16.2. The van der Waals surface area contributed by atoms with E-state index in [1.807, 2.05) is 41.5 Å². The van der Waals surface area contributed by atoms with E-state index in [1.165, 1.54) is 0 Å². The Morgan fingerprint density at radius 3 is 2.22 bits per heavy atom. The smallest absolute Gasteiger partial charge is 0.246 e. The van der Waals surface area contributed by atoms with Gasteiger partial charge in [0.05, 0.1) is 0 Å². The molecule has 1 aliphatic rings. The summed E-state index contributed by atoms with van der Waals surface area (Å²) in [6.07, 6.45) is 1.50. The molecule has 1 heterocycles. The van der Waals surface area contributed by atoms with Gasteiger partial charge in [-0.2, -0.15) is 0 Å². The summed E-state index contributed by atoms with van der Waals surface area (Å²) in [5.74, 6) is 0.154. The quantitative estimate of drug-likeness (QED) is 0.833. The van der Waals surface area contributed by atoms with Crippen LogP contribution in [-0.2, 0) is 9.59 Å². The molecule has 0 radical (unpaired) electrons. The van der Waals surface area contributed by atoms with Gasteiger partial charge in [0.2, 0.25) is 11.8 Å². The Balaban J connectivity index is 3.17. The lowest BCUT2D eigenvalue weighted by atomic mass is 9.86. The standard InChI is InChI=1S/C14H26N2O2/c1-7-10(5)16-12(17)11(9(3)4)15-13(18)14(16,6)8-2/h9-11H,7-8H2,1-6H3,(H,15,18). The van der Waals surface area contributed by atoms with Crippen molar-refractivity contribution in [2.75, 3.05) is 0 Å². The number of carbonyl (C=O) groups is 2. The minimum Gasteiger partial charge on any atom is -0.342 e. The molecule has 3 atom stereocenters. The fourth-order valence-electron chi connectivity index (χ4n) is 2.53. The van der Waals surface area contributed by atoms with Gasteiger partial charge in [-0.25, -0.2) is 0 Å². The van der Waals surface area contributed by atoms with Gasteiger partial charge < -0.3 is 10.2 Å². The second-order valence-corrected chi connectivity index (χ2v) is 5.79. The molecule has 0 aromatic rings. The molecule has 0 bridgehead atoms. The monoisotopic (exact) mass is 254 g/mol. The molecule has 0 aromatic heterocycles. The SMILES string of the molecule is CCC(C)N1C(=O)C(C(C)C)NC(=O)C1(C)CC. The molecule has 1 fully saturated rings. The maximum absolute atomic E-state index is 12.6. The first-order valence-electron chi connectivity index (χ1n) is 6.93. The summed E-state index contributed by atoms with van der Waals surface area (Å²) in [7, 11) is 0. The third kappa shape index (κ3) is 2.25. The number of hydrogen-bond acceptors (Lipinski definition) is 2. The van der Waals surface area contributed by atoms with Gasteiger partial charge in [0, 0.05) is 6.04 Å². The first-order valence-corrected chi connectivity index (χ1v) is 6.93. The van der Waals surface area contributed by atoms with E-state index in [2.05, 4.69) is 5.32 Å². The molecule has 1 saturated heterocycles. The molecule has 0 spiro atoms. The maximum Gasteiger partial charge on any atom is 0.246 e. The highest BCUT2D eigenvalue weighted by molar-refractivity contribution is 5.99. The van der Waals surface area contributed by atoms with Crippen LogP contribution in [-0.4, -0.2) is 34.3 Å². The average Bonchev–Trinajstić information content (AvgIpc) is 2.33. The van der Waals surface area contributed by atoms with Crippen LogP contribution in [0.4, 0.5) is 0 Å². The van der Waals surface area contributed by atoms with Gasteiger partial charge >= 0.3 is 0 Å². The van der Waals surface area contributed by atoms with Gasteiger partial charge in [-0.1, -0.05) is 27.7 Å². The van der Waals surface area contributed by atoms with Gasteiger partial charge in [-0.15, -0.1) is 0 Å². The van der Waals surface area contributed by atoms with Gasteiger partial charge in [0.1, 0.15) is 11.6 Å². The fraction of sp³-hybridized carbons (Fsp3) is 0.857. The number of piperazine rings is 1. The van der Waals surface area contributed by atoms with Crippen molar-refractivity contribution in [2.45, 2.75) is 72.0 Å². The van der Waals surface area contributed by atoms with Crippen LogP contribution in [0.2, 0.25) is 0 Å². The van der Waals surface area contributed by atoms with Gasteiger partial charge in [-0.3, -0.25) is 9.59 Å². The van der Waals surface area contributed by atoms with Crippen molar-refractivity contribution in [3.05, 3.63) is 0 Å². The van der Waals surface area contributed by atoms with Crippen molar-refractivity contribution in [2.24, 2.45) is 5.92 Å². The predicted molar refractivity (Wildman–Crippen MR) is 72.1 cm³/mol. The zero-order chi connectivity index (χ0) is 14.1. The fourth-order valence-corrected chi connectivity index (χ4v) is 2.53. The summed E-state index contributed by atoms with van der Waals surface area (Å²) in [4.78, 5) is 26.7. The van der Waals surface area contributed by atoms with E-state index in [1.54, 1.807) is 4.90 Å². The number of hydrogen-bond donors (Lipinski definition) is 1. The van der Waals surface area contributed by atoms with Crippen molar-refractivity contribution < 1.29 is 9.59 Å². The van der Waals surface area contributed by atoms with E-state index >= 15 is 0 Å². The van der Waals surface area contributed by atoms with Crippen molar-refractivity contribution in [1.82, 2.24) is 10.2 Å². The van der Waals surface area contributed by atoms with Crippen LogP contribution in [0.5, 0.6) is 0 Å². The van der Waals surface area contributed by atoms with E-state index in [9.17, 15) is 9.59 Å². The molecule has 18 heavy (non-hydrogen) atoms. The molecular formula is C14H26N2O2. The molecule has 1 N–H and O–H groups in total. The molecule has 2 amide bonds. The summed E-state index contributed by atoms with van der Waals surface area (Å²) in [5, 5.41) is 2.89. The second-order valence-electron chi connectivity index (χ2n) is 5.79. The van der Waals surface area contributed by atoms with Gasteiger partial charge in [0.25, 0.3) is 0 Å². The van der Waals surface area contributed by atoms with E-state index in [-0.39, 0.29) is 29.8 Å². The molecule has 1 rings (SSSR count). The van der Waals surface area contributed by atoms with Crippen LogP contribution in [0, 0.1) is 5.92 Å². The normalized spacial score (nSPS) is 30.6. The highest BCUT2D eigenvalue weighted by Crippen LogP contribution is 2.29. The Morgan fingerprint density at radius 1 is 1.28 bits per heavy atom. The van der Waals surface area contributed by atoms with Crippen LogP contribution in [0.3, 0.4) is 0 Å². The van der Waals surface area contributed by atoms with E-state index < -0.39 is 5.54 Å². The number of nitrogens with one attached hydrogen (secondary N) is 1. The topological polar surface area (TPSA) is 49.4 Å². The molecule has 0 saturated carbocycles. The third-order valence-corrected chi connectivity index (χ3v) is 4.20. The van der Waals surface area contributed by atoms with Crippen molar-refractivity contribution in [3.8, 4) is 0 Å². The van der Waals surface area contributed by atoms with Crippen LogP contribution < -0.4 is 5.32 Å². The van der Waals surface area contributed by atoms with Crippen LogP contribution in [0.1, 0.15) is 54.4 Å². The molecule has 4 heteroatoms. The first-order chi connectivity index (χ1) is 8.29. The van der Waals surface area contributed by atoms with E-state index in [0.29, 0.717) is 6.42 Å². The van der Waals surface area contributed by atoms with Crippen LogP contribution in [0.15, 0.2) is 0 Å². The number of carbonyl (C=O) groups excluding carboxylic acids is 2. The Kier molecular flexibility index (Phi) is 4.41. The summed E-state index contributed by atoms with van der Waals surface area (Å²) in [5.41, 5.74) is -0.710. The minimum atomic E-state index is -0.710. The molecule has 3 unspecified atom stereocenters. The van der Waals surface area contributed by atoms with Crippen LogP contribution >= 0.6 is 0 Å². The Bertz CT molecular complexity index is 341. The average molecular weight is 254 g/mol. The lowest BCUT2D eigenvalue weighted by Crippen LogP contribution is -2.72. The van der Waals surface area contributed by atoms with Crippen molar-refractivity contribution in [1.29, 1.82) is 0 Å². The predicted octanol–water partition coefficient (Wildman–Crippen LogP) is 1.94. The van der Waals surface area contributed by atoms with E-state index in [0.717, 1.165) is 6.42 Å². The van der Waals surface area contributed by atoms with Crippen LogP contribution in [0.25, 0.3) is 0 Å². The van der Waals surface area contributed by atoms with Crippen molar-refractivity contribution in [3.63, 3.8) is 0 Å².